The highest BCUT2D eigenvalue weighted by Gasteiger charge is 2.14. The molecule has 0 saturated heterocycles. The average Bonchev–Trinajstić information content (AvgIpc) is 2.85. The fourth-order valence-corrected chi connectivity index (χ4v) is 2.58. The molecular formula is C17H18FN3. The summed E-state index contributed by atoms with van der Waals surface area (Å²) in [4.78, 5) is 4.58. The minimum absolute atomic E-state index is 0.273. The SMILES string of the molecule is CCc1ccc(-c2c(CCN)nc3ccc(F)cn23)cc1. The Morgan fingerprint density at radius 3 is 2.57 bits per heavy atom. The summed E-state index contributed by atoms with van der Waals surface area (Å²) >= 11 is 0. The van der Waals surface area contributed by atoms with Crippen LogP contribution in [0.15, 0.2) is 42.6 Å². The second kappa shape index (κ2) is 5.66. The zero-order chi connectivity index (χ0) is 14.8. The molecule has 0 unspecified atom stereocenters. The molecule has 0 fully saturated rings. The predicted octanol–water partition coefficient (Wildman–Crippen LogP) is 3.20. The molecule has 3 rings (SSSR count). The van der Waals surface area contributed by atoms with Gasteiger partial charge in [-0.25, -0.2) is 9.37 Å². The molecule has 0 spiro atoms. The summed E-state index contributed by atoms with van der Waals surface area (Å²) in [5.41, 5.74) is 10.6. The first-order valence-electron chi connectivity index (χ1n) is 7.18. The Labute approximate surface area is 123 Å². The lowest BCUT2D eigenvalue weighted by Gasteiger charge is -2.06. The van der Waals surface area contributed by atoms with Crippen LogP contribution >= 0.6 is 0 Å². The van der Waals surface area contributed by atoms with E-state index in [0.29, 0.717) is 13.0 Å². The molecule has 0 aliphatic rings. The summed E-state index contributed by atoms with van der Waals surface area (Å²) in [5.74, 6) is -0.273. The number of benzene rings is 1. The number of aryl methyl sites for hydroxylation is 1. The third kappa shape index (κ3) is 2.54. The standard InChI is InChI=1S/C17H18FN3/c1-2-12-3-5-13(6-4-12)17-15(9-10-19)20-16-8-7-14(18)11-21(16)17/h3-8,11H,2,9-10,19H2,1H3. The Morgan fingerprint density at radius 2 is 1.90 bits per heavy atom. The Bertz CT molecular complexity index is 760. The minimum atomic E-state index is -0.273. The van der Waals surface area contributed by atoms with Gasteiger partial charge in [-0.2, -0.15) is 0 Å². The molecule has 2 N–H and O–H groups in total. The zero-order valence-electron chi connectivity index (χ0n) is 12.0. The molecule has 3 nitrogen and oxygen atoms in total. The summed E-state index contributed by atoms with van der Waals surface area (Å²) in [6.07, 6.45) is 3.15. The molecule has 2 aromatic heterocycles. The molecule has 21 heavy (non-hydrogen) atoms. The van der Waals surface area contributed by atoms with Crippen molar-refractivity contribution >= 4 is 5.65 Å². The van der Waals surface area contributed by atoms with Gasteiger partial charge in [0.15, 0.2) is 0 Å². The van der Waals surface area contributed by atoms with E-state index in [1.165, 1.54) is 17.8 Å². The molecular weight excluding hydrogens is 265 g/mol. The monoisotopic (exact) mass is 283 g/mol. The minimum Gasteiger partial charge on any atom is -0.330 e. The summed E-state index contributed by atoms with van der Waals surface area (Å²) in [6.45, 7) is 2.64. The molecule has 0 bridgehead atoms. The van der Waals surface area contributed by atoms with Crippen LogP contribution in [-0.4, -0.2) is 15.9 Å². The highest BCUT2D eigenvalue weighted by atomic mass is 19.1. The Balaban J connectivity index is 2.21. The number of nitrogens with zero attached hydrogens (tertiary/aromatic N) is 2. The first-order chi connectivity index (χ1) is 10.2. The fraction of sp³-hybridized carbons (Fsp3) is 0.235. The van der Waals surface area contributed by atoms with E-state index in [1.54, 1.807) is 10.5 Å². The summed E-state index contributed by atoms with van der Waals surface area (Å²) in [5, 5.41) is 0. The normalized spacial score (nSPS) is 11.2. The summed E-state index contributed by atoms with van der Waals surface area (Å²) < 4.78 is 15.4. The van der Waals surface area contributed by atoms with Gasteiger partial charge in [0.05, 0.1) is 11.4 Å². The van der Waals surface area contributed by atoms with Crippen molar-refractivity contribution in [3.05, 3.63) is 59.7 Å². The van der Waals surface area contributed by atoms with Gasteiger partial charge in [-0.3, -0.25) is 4.40 Å². The molecule has 0 radical (unpaired) electrons. The predicted molar refractivity (Wildman–Crippen MR) is 82.7 cm³/mol. The number of fused-ring (bicyclic) bond motifs is 1. The lowest BCUT2D eigenvalue weighted by Crippen LogP contribution is -2.04. The summed E-state index contributed by atoms with van der Waals surface area (Å²) in [7, 11) is 0. The van der Waals surface area contributed by atoms with E-state index >= 15 is 0 Å². The van der Waals surface area contributed by atoms with Gasteiger partial charge in [0.1, 0.15) is 11.5 Å². The van der Waals surface area contributed by atoms with Crippen molar-refractivity contribution in [2.45, 2.75) is 19.8 Å². The molecule has 4 heteroatoms. The maximum absolute atomic E-state index is 13.6. The zero-order valence-corrected chi connectivity index (χ0v) is 12.0. The first kappa shape index (κ1) is 13.8. The van der Waals surface area contributed by atoms with E-state index in [0.717, 1.165) is 29.0 Å². The second-order valence-electron chi connectivity index (χ2n) is 5.07. The molecule has 3 aromatic rings. The first-order valence-corrected chi connectivity index (χ1v) is 7.18. The molecule has 2 heterocycles. The van der Waals surface area contributed by atoms with Crippen LogP contribution in [0.5, 0.6) is 0 Å². The Kier molecular flexibility index (Phi) is 3.71. The number of hydrogen-bond donors (Lipinski definition) is 1. The number of hydrogen-bond acceptors (Lipinski definition) is 2. The topological polar surface area (TPSA) is 43.3 Å². The van der Waals surface area contributed by atoms with Crippen LogP contribution in [0.25, 0.3) is 16.9 Å². The van der Waals surface area contributed by atoms with Crippen molar-refractivity contribution in [1.29, 1.82) is 0 Å². The Morgan fingerprint density at radius 1 is 1.14 bits per heavy atom. The smallest absolute Gasteiger partial charge is 0.139 e. The largest absolute Gasteiger partial charge is 0.330 e. The summed E-state index contributed by atoms with van der Waals surface area (Å²) in [6, 6.07) is 11.4. The van der Waals surface area contributed by atoms with Crippen LogP contribution in [0.3, 0.4) is 0 Å². The number of rotatable bonds is 4. The molecule has 0 amide bonds. The average molecular weight is 283 g/mol. The third-order valence-electron chi connectivity index (χ3n) is 3.67. The maximum atomic E-state index is 13.6. The van der Waals surface area contributed by atoms with Crippen LogP contribution in [0.1, 0.15) is 18.2 Å². The highest BCUT2D eigenvalue weighted by molar-refractivity contribution is 5.67. The fourth-order valence-electron chi connectivity index (χ4n) is 2.58. The number of aromatic nitrogens is 2. The number of pyridine rings is 1. The van der Waals surface area contributed by atoms with Gasteiger partial charge in [0.2, 0.25) is 0 Å². The van der Waals surface area contributed by atoms with E-state index in [1.807, 2.05) is 0 Å². The van der Waals surface area contributed by atoms with Gasteiger partial charge in [-0.15, -0.1) is 0 Å². The van der Waals surface area contributed by atoms with Crippen molar-refractivity contribution in [1.82, 2.24) is 9.38 Å². The van der Waals surface area contributed by atoms with E-state index in [4.69, 9.17) is 5.73 Å². The molecule has 0 aliphatic carbocycles. The van der Waals surface area contributed by atoms with E-state index in [2.05, 4.69) is 36.2 Å². The maximum Gasteiger partial charge on any atom is 0.139 e. The van der Waals surface area contributed by atoms with Crippen molar-refractivity contribution in [2.24, 2.45) is 5.73 Å². The van der Waals surface area contributed by atoms with Crippen molar-refractivity contribution < 1.29 is 4.39 Å². The van der Waals surface area contributed by atoms with E-state index in [-0.39, 0.29) is 5.82 Å². The lowest BCUT2D eigenvalue weighted by atomic mass is 10.1. The van der Waals surface area contributed by atoms with Crippen LogP contribution in [-0.2, 0) is 12.8 Å². The van der Waals surface area contributed by atoms with Gasteiger partial charge in [-0.1, -0.05) is 31.2 Å². The molecule has 0 atom stereocenters. The third-order valence-corrected chi connectivity index (χ3v) is 3.67. The van der Waals surface area contributed by atoms with Crippen LogP contribution < -0.4 is 5.73 Å². The number of halogens is 1. The van der Waals surface area contributed by atoms with E-state index in [9.17, 15) is 4.39 Å². The number of nitrogens with two attached hydrogens (primary N) is 1. The quantitative estimate of drug-likeness (QED) is 0.799. The van der Waals surface area contributed by atoms with Crippen molar-refractivity contribution in [3.8, 4) is 11.3 Å². The van der Waals surface area contributed by atoms with E-state index < -0.39 is 0 Å². The highest BCUT2D eigenvalue weighted by Crippen LogP contribution is 2.26. The van der Waals surface area contributed by atoms with Crippen LogP contribution in [0, 0.1) is 5.82 Å². The van der Waals surface area contributed by atoms with Crippen LogP contribution in [0.2, 0.25) is 0 Å². The van der Waals surface area contributed by atoms with Gasteiger partial charge < -0.3 is 5.73 Å². The number of imidazole rings is 1. The van der Waals surface area contributed by atoms with Gasteiger partial charge >= 0.3 is 0 Å². The van der Waals surface area contributed by atoms with Crippen LogP contribution in [0.4, 0.5) is 4.39 Å². The van der Waals surface area contributed by atoms with Gasteiger partial charge in [0.25, 0.3) is 0 Å². The van der Waals surface area contributed by atoms with Crippen molar-refractivity contribution in [2.75, 3.05) is 6.54 Å². The molecule has 1 aromatic carbocycles. The van der Waals surface area contributed by atoms with Gasteiger partial charge in [-0.05, 0) is 30.7 Å². The van der Waals surface area contributed by atoms with Crippen molar-refractivity contribution in [3.63, 3.8) is 0 Å². The molecule has 0 aliphatic heterocycles. The molecule has 0 saturated carbocycles. The lowest BCUT2D eigenvalue weighted by molar-refractivity contribution is 0.619. The second-order valence-corrected chi connectivity index (χ2v) is 5.07. The van der Waals surface area contributed by atoms with Gasteiger partial charge in [0, 0.05) is 18.2 Å². The Hall–Kier alpha value is -2.20. The molecule has 108 valence electrons.